The second-order valence-corrected chi connectivity index (χ2v) is 10.2. The van der Waals surface area contributed by atoms with E-state index in [1.165, 1.54) is 26.0 Å². The van der Waals surface area contributed by atoms with E-state index in [9.17, 15) is 27.9 Å². The van der Waals surface area contributed by atoms with Crippen LogP contribution in [-0.2, 0) is 21.9 Å². The molecule has 1 saturated carbocycles. The van der Waals surface area contributed by atoms with Crippen LogP contribution in [0.1, 0.15) is 80.4 Å². The van der Waals surface area contributed by atoms with E-state index in [1.807, 2.05) is 0 Å². The number of hydrogen-bond acceptors (Lipinski definition) is 6. The summed E-state index contributed by atoms with van der Waals surface area (Å²) >= 11 is 5.78. The van der Waals surface area contributed by atoms with Crippen LogP contribution in [0.15, 0.2) is 33.3 Å². The highest BCUT2D eigenvalue weighted by Gasteiger charge is 2.42. The molecular weight excluding hydrogens is 513 g/mol. The van der Waals surface area contributed by atoms with Crippen LogP contribution >= 0.6 is 11.6 Å². The van der Waals surface area contributed by atoms with Gasteiger partial charge in [0.25, 0.3) is 0 Å². The number of carboxylic acids is 1. The van der Waals surface area contributed by atoms with Gasteiger partial charge in [-0.15, -0.1) is 0 Å². The third kappa shape index (κ3) is 6.06. The van der Waals surface area contributed by atoms with Gasteiger partial charge in [-0.25, -0.2) is 4.39 Å². The Morgan fingerprint density at radius 2 is 1.92 bits per heavy atom. The Kier molecular flexibility index (Phi) is 7.77. The fourth-order valence-electron chi connectivity index (χ4n) is 4.24. The number of aromatic nitrogens is 2. The Labute approximate surface area is 215 Å². The van der Waals surface area contributed by atoms with Crippen LogP contribution in [0.2, 0.25) is 5.02 Å². The van der Waals surface area contributed by atoms with Gasteiger partial charge in [0.2, 0.25) is 5.76 Å². The van der Waals surface area contributed by atoms with Crippen molar-refractivity contribution < 1.29 is 36.9 Å². The van der Waals surface area contributed by atoms with E-state index >= 15 is 0 Å². The number of carboxylic acid groups (broad SMARTS) is 1. The second kappa shape index (κ2) is 10.7. The topological polar surface area (TPSA) is 106 Å². The number of nitrogens with zero attached hydrogens (tertiary/aromatic N) is 2. The van der Waals surface area contributed by atoms with Gasteiger partial charge in [0.05, 0.1) is 5.69 Å². The molecule has 0 radical (unpaired) electrons. The summed E-state index contributed by atoms with van der Waals surface area (Å²) in [5.41, 5.74) is 1.25. The van der Waals surface area contributed by atoms with Crippen LogP contribution in [-0.4, -0.2) is 27.2 Å². The summed E-state index contributed by atoms with van der Waals surface area (Å²) in [7, 11) is 0. The number of alkyl halides is 2. The highest BCUT2D eigenvalue weighted by Crippen LogP contribution is 2.49. The minimum Gasteiger partial charge on any atom is -0.481 e. The zero-order chi connectivity index (χ0) is 26.9. The van der Waals surface area contributed by atoms with Crippen LogP contribution in [0, 0.1) is 11.7 Å². The predicted molar refractivity (Wildman–Crippen MR) is 127 cm³/mol. The molecule has 0 saturated heterocycles. The molecule has 3 aromatic rings. The molecular formula is C26H26ClF3N2O5. The molecule has 0 unspecified atom stereocenters. The molecule has 1 aliphatic rings. The van der Waals surface area contributed by atoms with Crippen molar-refractivity contribution in [2.45, 2.75) is 70.1 Å². The molecule has 0 spiro atoms. The monoisotopic (exact) mass is 538 g/mol. The summed E-state index contributed by atoms with van der Waals surface area (Å²) < 4.78 is 53.6. The highest BCUT2D eigenvalue weighted by molar-refractivity contribution is 6.30. The molecule has 2 heterocycles. The first-order valence-electron chi connectivity index (χ1n) is 12.0. The fourth-order valence-corrected chi connectivity index (χ4v) is 4.40. The molecule has 11 heteroatoms. The smallest absolute Gasteiger partial charge is 0.309 e. The average Bonchev–Trinajstić information content (AvgIpc) is 3.36. The first kappa shape index (κ1) is 26.9. The molecule has 0 bridgehead atoms. The maximum atomic E-state index is 14.5. The van der Waals surface area contributed by atoms with Gasteiger partial charge in [-0.3, -0.25) is 9.59 Å². The van der Waals surface area contributed by atoms with E-state index in [2.05, 4.69) is 10.3 Å². The van der Waals surface area contributed by atoms with Gasteiger partial charge in [-0.05, 0) is 42.9 Å². The van der Waals surface area contributed by atoms with Gasteiger partial charge < -0.3 is 14.2 Å². The number of halogens is 4. The number of carbonyl (C=O) groups excluding carboxylic acids is 1. The van der Waals surface area contributed by atoms with Crippen molar-refractivity contribution in [1.29, 1.82) is 0 Å². The minimum atomic E-state index is -3.23. The van der Waals surface area contributed by atoms with Gasteiger partial charge in [-0.2, -0.15) is 8.78 Å². The van der Waals surface area contributed by atoms with Crippen LogP contribution in [0.4, 0.5) is 13.2 Å². The van der Waals surface area contributed by atoms with E-state index in [-0.39, 0.29) is 59.4 Å². The molecule has 1 aromatic carbocycles. The normalized spacial score (nSPS) is 14.8. The average molecular weight is 539 g/mol. The lowest BCUT2D eigenvalue weighted by molar-refractivity contribution is -0.137. The van der Waals surface area contributed by atoms with E-state index in [0.717, 1.165) is 25.0 Å². The maximum absolute atomic E-state index is 14.5. The van der Waals surface area contributed by atoms with Gasteiger partial charge in [0, 0.05) is 47.8 Å². The second-order valence-electron chi connectivity index (χ2n) is 9.72. The van der Waals surface area contributed by atoms with E-state index in [4.69, 9.17) is 20.6 Å². The molecule has 1 aliphatic carbocycles. The zero-order valence-corrected chi connectivity index (χ0v) is 21.0. The molecule has 37 heavy (non-hydrogen) atoms. The summed E-state index contributed by atoms with van der Waals surface area (Å²) in [5.74, 6) is -7.26. The fraction of sp³-hybridized carbons (Fsp3) is 0.462. The Bertz CT molecular complexity index is 1300. The Morgan fingerprint density at radius 3 is 2.54 bits per heavy atom. The van der Waals surface area contributed by atoms with Crippen molar-refractivity contribution in [1.82, 2.24) is 10.3 Å². The van der Waals surface area contributed by atoms with Gasteiger partial charge in [0.15, 0.2) is 11.5 Å². The molecule has 0 amide bonds. The standard InChI is InChI=1S/C26H26ClF3N2O5/c1-13(2)26(29,30)21-12-20(31-36-21)25-23(14-3-4-14)24(32-37-25)16(6-8-22(34)35)10-18(33)9-15-5-7-17(27)11-19(15)28/h5,7,11-14,16H,3-4,6,8-10H2,1-2H3,(H,34,35)/t16-/m0/s1. The first-order valence-corrected chi connectivity index (χ1v) is 12.4. The first-order chi connectivity index (χ1) is 17.5. The molecule has 7 nitrogen and oxygen atoms in total. The zero-order valence-electron chi connectivity index (χ0n) is 20.3. The lowest BCUT2D eigenvalue weighted by Gasteiger charge is -2.16. The summed E-state index contributed by atoms with van der Waals surface area (Å²) in [6, 6.07) is 5.16. The molecule has 1 atom stereocenters. The molecule has 1 fully saturated rings. The maximum Gasteiger partial charge on any atom is 0.309 e. The molecule has 4 rings (SSSR count). The summed E-state index contributed by atoms with van der Waals surface area (Å²) in [6.07, 6.45) is 1.15. The molecule has 0 aliphatic heterocycles. The molecule has 1 N–H and O–H groups in total. The SMILES string of the molecule is CC(C)C(F)(F)c1cc(-c2onc([C@@H](CCC(=O)O)CC(=O)Cc3ccc(Cl)cc3F)c2C2CC2)no1. The predicted octanol–water partition coefficient (Wildman–Crippen LogP) is 6.90. The number of rotatable bonds is 12. The van der Waals surface area contributed by atoms with Crippen molar-refractivity contribution in [2.24, 2.45) is 5.92 Å². The number of benzene rings is 1. The summed E-state index contributed by atoms with van der Waals surface area (Å²) in [4.78, 5) is 24.2. The number of carbonyl (C=O) groups is 2. The highest BCUT2D eigenvalue weighted by atomic mass is 35.5. The summed E-state index contributed by atoms with van der Waals surface area (Å²) in [5, 5.41) is 17.4. The Hall–Kier alpha value is -3.14. The number of aliphatic carboxylic acids is 1. The van der Waals surface area contributed by atoms with E-state index < -0.39 is 35.3 Å². The van der Waals surface area contributed by atoms with Crippen LogP contribution in [0.25, 0.3) is 11.5 Å². The largest absolute Gasteiger partial charge is 0.481 e. The molecule has 2 aromatic heterocycles. The van der Waals surface area contributed by atoms with Crippen molar-refractivity contribution in [3.63, 3.8) is 0 Å². The lowest BCUT2D eigenvalue weighted by Crippen LogP contribution is -2.19. The Morgan fingerprint density at radius 1 is 1.19 bits per heavy atom. The van der Waals surface area contributed by atoms with Gasteiger partial charge in [0.1, 0.15) is 11.6 Å². The lowest BCUT2D eigenvalue weighted by atomic mass is 9.87. The molecule has 198 valence electrons. The van der Waals surface area contributed by atoms with Crippen LogP contribution < -0.4 is 0 Å². The van der Waals surface area contributed by atoms with Crippen LogP contribution in [0.5, 0.6) is 0 Å². The number of ketones is 1. The summed E-state index contributed by atoms with van der Waals surface area (Å²) in [6.45, 7) is 2.73. The minimum absolute atomic E-state index is 0.0122. The van der Waals surface area contributed by atoms with Crippen molar-refractivity contribution in [2.75, 3.05) is 0 Å². The van der Waals surface area contributed by atoms with Crippen LogP contribution in [0.3, 0.4) is 0 Å². The van der Waals surface area contributed by atoms with Crippen molar-refractivity contribution in [3.8, 4) is 11.5 Å². The third-order valence-corrected chi connectivity index (χ3v) is 6.74. The van der Waals surface area contributed by atoms with Crippen molar-refractivity contribution in [3.05, 3.63) is 57.7 Å². The number of hydrogen-bond donors (Lipinski definition) is 1. The van der Waals surface area contributed by atoms with E-state index in [1.54, 1.807) is 0 Å². The van der Waals surface area contributed by atoms with E-state index in [0.29, 0.717) is 11.3 Å². The van der Waals surface area contributed by atoms with Gasteiger partial charge in [-0.1, -0.05) is 41.8 Å². The van der Waals surface area contributed by atoms with Crippen molar-refractivity contribution >= 4 is 23.4 Å². The Balaban J connectivity index is 1.63. The number of Topliss-reactive ketones (excluding diaryl/α,β-unsaturated/α-hetero) is 1. The quantitative estimate of drug-likeness (QED) is 0.267. The van der Waals surface area contributed by atoms with Gasteiger partial charge >= 0.3 is 11.9 Å². The third-order valence-electron chi connectivity index (χ3n) is 6.51.